The normalized spacial score (nSPS) is 17.5. The number of anilines is 1. The zero-order valence-corrected chi connectivity index (χ0v) is 16.4. The molecule has 0 spiro atoms. The second kappa shape index (κ2) is 6.32. The Morgan fingerprint density at radius 3 is 2.63 bits per heavy atom. The molecule has 146 valence electrons. The van der Waals surface area contributed by atoms with Crippen molar-refractivity contribution in [3.8, 4) is 5.69 Å². The molecular weight excluding hydrogens is 374 g/mol. The molecule has 0 fully saturated rings. The van der Waals surface area contributed by atoms with Crippen molar-refractivity contribution in [3.63, 3.8) is 0 Å². The molecule has 3 aromatic carbocycles. The van der Waals surface area contributed by atoms with Crippen LogP contribution in [0.4, 0.5) is 5.82 Å². The molecule has 2 aliphatic heterocycles. The maximum absolute atomic E-state index is 12.8. The molecule has 0 bridgehead atoms. The number of ether oxygens (including phenoxy) is 1. The average Bonchev–Trinajstić information content (AvgIpc) is 3.33. The van der Waals surface area contributed by atoms with Crippen molar-refractivity contribution in [1.82, 2.24) is 9.78 Å². The summed E-state index contributed by atoms with van der Waals surface area (Å²) in [6.07, 6.45) is 0. The second-order valence-corrected chi connectivity index (χ2v) is 7.69. The monoisotopic (exact) mass is 393 g/mol. The van der Waals surface area contributed by atoms with Gasteiger partial charge in [0.15, 0.2) is 0 Å². The van der Waals surface area contributed by atoms with Crippen LogP contribution in [0.25, 0.3) is 16.5 Å². The first kappa shape index (κ1) is 17.0. The van der Waals surface area contributed by atoms with Crippen molar-refractivity contribution in [2.24, 2.45) is 0 Å². The van der Waals surface area contributed by atoms with Crippen LogP contribution in [0.15, 0.2) is 84.1 Å². The Hall–Kier alpha value is -3.86. The van der Waals surface area contributed by atoms with Gasteiger partial charge in [-0.1, -0.05) is 60.7 Å². The van der Waals surface area contributed by atoms with Gasteiger partial charge in [0.25, 0.3) is 0 Å². The summed E-state index contributed by atoms with van der Waals surface area (Å²) in [4.78, 5) is 12.8. The topological polar surface area (TPSA) is 56.2 Å². The molecule has 1 atom stereocenters. The van der Waals surface area contributed by atoms with E-state index in [4.69, 9.17) is 9.84 Å². The molecule has 1 unspecified atom stereocenters. The molecule has 0 radical (unpaired) electrons. The Labute approximate surface area is 173 Å². The lowest BCUT2D eigenvalue weighted by molar-refractivity contribution is -0.136. The van der Waals surface area contributed by atoms with Gasteiger partial charge in [-0.2, -0.15) is 5.10 Å². The van der Waals surface area contributed by atoms with Gasteiger partial charge in [-0.25, -0.2) is 9.48 Å². The summed E-state index contributed by atoms with van der Waals surface area (Å²) in [5.74, 6) is 0.413. The third kappa shape index (κ3) is 2.35. The first-order valence-electron chi connectivity index (χ1n) is 10.0. The Kier molecular flexibility index (Phi) is 3.59. The number of carbonyl (C=O) groups excluding carboxylic acids is 1. The first-order chi connectivity index (χ1) is 14.7. The fraction of sp³-hybridized carbons (Fsp3) is 0.120. The van der Waals surface area contributed by atoms with Crippen LogP contribution in [-0.2, 0) is 9.53 Å². The van der Waals surface area contributed by atoms with E-state index in [0.717, 1.165) is 44.8 Å². The van der Waals surface area contributed by atoms with Crippen molar-refractivity contribution in [3.05, 3.63) is 101 Å². The predicted molar refractivity (Wildman–Crippen MR) is 116 cm³/mol. The summed E-state index contributed by atoms with van der Waals surface area (Å²) < 4.78 is 7.37. The van der Waals surface area contributed by atoms with Crippen LogP contribution in [0.5, 0.6) is 0 Å². The van der Waals surface area contributed by atoms with Crippen molar-refractivity contribution in [2.45, 2.75) is 12.8 Å². The van der Waals surface area contributed by atoms with Gasteiger partial charge < -0.3 is 10.1 Å². The van der Waals surface area contributed by atoms with E-state index in [1.54, 1.807) is 0 Å². The van der Waals surface area contributed by atoms with Crippen molar-refractivity contribution in [2.75, 3.05) is 11.9 Å². The smallest absolute Gasteiger partial charge is 0.337 e. The number of fused-ring (bicyclic) bond motifs is 2. The number of hydrogen-bond donors (Lipinski definition) is 1. The standard InChI is InChI=1S/C25H19N3O2/c1-15-21-22(19-13-7-9-16-8-5-6-12-18(16)19)23-20(14-30-25(23)29)26-24(21)28(27-15)17-10-3-2-4-11-17/h2-13,22,26H,14H2,1H3. The average molecular weight is 393 g/mol. The van der Waals surface area contributed by atoms with Crippen LogP contribution in [-0.4, -0.2) is 22.4 Å². The van der Waals surface area contributed by atoms with Gasteiger partial charge in [0, 0.05) is 11.5 Å². The zero-order chi connectivity index (χ0) is 20.2. The molecule has 0 amide bonds. The summed E-state index contributed by atoms with van der Waals surface area (Å²) in [7, 11) is 0. The molecule has 0 aliphatic carbocycles. The van der Waals surface area contributed by atoms with Crippen molar-refractivity contribution >= 4 is 22.6 Å². The van der Waals surface area contributed by atoms with Gasteiger partial charge in [-0.15, -0.1) is 0 Å². The lowest BCUT2D eigenvalue weighted by Crippen LogP contribution is -2.21. The van der Waals surface area contributed by atoms with E-state index in [2.05, 4.69) is 35.6 Å². The van der Waals surface area contributed by atoms with Crippen molar-refractivity contribution in [1.29, 1.82) is 0 Å². The van der Waals surface area contributed by atoms with Gasteiger partial charge in [0.1, 0.15) is 12.4 Å². The van der Waals surface area contributed by atoms with E-state index >= 15 is 0 Å². The number of aromatic nitrogens is 2. The molecule has 6 rings (SSSR count). The summed E-state index contributed by atoms with van der Waals surface area (Å²) in [5.41, 5.74) is 5.49. The molecule has 3 heterocycles. The molecule has 30 heavy (non-hydrogen) atoms. The first-order valence-corrected chi connectivity index (χ1v) is 10.0. The highest BCUT2D eigenvalue weighted by molar-refractivity contribution is 5.99. The minimum Gasteiger partial charge on any atom is -0.456 e. The molecule has 0 saturated heterocycles. The number of rotatable bonds is 2. The van der Waals surface area contributed by atoms with Crippen LogP contribution in [0.2, 0.25) is 0 Å². The number of cyclic esters (lactones) is 1. The molecule has 4 aromatic rings. The van der Waals surface area contributed by atoms with E-state index < -0.39 is 0 Å². The largest absolute Gasteiger partial charge is 0.456 e. The van der Waals surface area contributed by atoms with Crippen molar-refractivity contribution < 1.29 is 9.53 Å². The highest BCUT2D eigenvalue weighted by Crippen LogP contribution is 2.47. The number of nitrogens with zero attached hydrogens (tertiary/aromatic N) is 2. The maximum atomic E-state index is 12.8. The minimum atomic E-state index is -0.257. The molecule has 1 N–H and O–H groups in total. The summed E-state index contributed by atoms with van der Waals surface area (Å²) >= 11 is 0. The van der Waals surface area contributed by atoms with Crippen LogP contribution < -0.4 is 5.32 Å². The fourth-order valence-corrected chi connectivity index (χ4v) is 4.67. The molecule has 5 nitrogen and oxygen atoms in total. The second-order valence-electron chi connectivity index (χ2n) is 7.69. The summed E-state index contributed by atoms with van der Waals surface area (Å²) in [6, 6.07) is 24.6. The third-order valence-electron chi connectivity index (χ3n) is 5.98. The molecular formula is C25H19N3O2. The van der Waals surface area contributed by atoms with E-state index in [9.17, 15) is 4.79 Å². The van der Waals surface area contributed by atoms with Crippen LogP contribution in [0.1, 0.15) is 22.7 Å². The maximum Gasteiger partial charge on any atom is 0.337 e. The highest BCUT2D eigenvalue weighted by Gasteiger charge is 2.42. The lowest BCUT2D eigenvalue weighted by Gasteiger charge is -2.26. The minimum absolute atomic E-state index is 0.227. The Balaban J connectivity index is 1.65. The number of nitrogens with one attached hydrogen (secondary N) is 1. The van der Waals surface area contributed by atoms with E-state index in [1.807, 2.05) is 54.1 Å². The number of aryl methyl sites for hydroxylation is 1. The van der Waals surface area contributed by atoms with Crippen LogP contribution >= 0.6 is 0 Å². The van der Waals surface area contributed by atoms with E-state index in [1.165, 1.54) is 0 Å². The molecule has 1 aromatic heterocycles. The Morgan fingerprint density at radius 1 is 1.00 bits per heavy atom. The fourth-order valence-electron chi connectivity index (χ4n) is 4.67. The number of para-hydroxylation sites is 1. The van der Waals surface area contributed by atoms with Crippen LogP contribution in [0.3, 0.4) is 0 Å². The molecule has 0 saturated carbocycles. The van der Waals surface area contributed by atoms with E-state index in [0.29, 0.717) is 5.57 Å². The number of benzene rings is 3. The summed E-state index contributed by atoms with van der Waals surface area (Å²) in [6.45, 7) is 2.26. The predicted octanol–water partition coefficient (Wildman–Crippen LogP) is 4.70. The molecule has 5 heteroatoms. The lowest BCUT2D eigenvalue weighted by atomic mass is 9.80. The van der Waals surface area contributed by atoms with Gasteiger partial charge in [-0.05, 0) is 35.4 Å². The summed E-state index contributed by atoms with van der Waals surface area (Å²) in [5, 5.41) is 10.6. The Bertz CT molecular complexity index is 1350. The number of carbonyl (C=O) groups is 1. The van der Waals surface area contributed by atoms with Gasteiger partial charge in [0.05, 0.1) is 22.7 Å². The SMILES string of the molecule is Cc1nn(-c2ccccc2)c2c1C(c1cccc3ccccc13)C1=C(COC1=O)N2. The molecule has 2 aliphatic rings. The van der Waals surface area contributed by atoms with E-state index in [-0.39, 0.29) is 18.5 Å². The van der Waals surface area contributed by atoms with Gasteiger partial charge in [-0.3, -0.25) is 0 Å². The van der Waals surface area contributed by atoms with Gasteiger partial charge >= 0.3 is 5.97 Å². The number of esters is 1. The zero-order valence-electron chi connectivity index (χ0n) is 16.4. The number of hydrogen-bond acceptors (Lipinski definition) is 4. The van der Waals surface area contributed by atoms with Crippen LogP contribution in [0, 0.1) is 6.92 Å². The highest BCUT2D eigenvalue weighted by atomic mass is 16.5. The quantitative estimate of drug-likeness (QED) is 0.502. The van der Waals surface area contributed by atoms with Gasteiger partial charge in [0.2, 0.25) is 0 Å². The third-order valence-corrected chi connectivity index (χ3v) is 5.98. The Morgan fingerprint density at radius 2 is 1.77 bits per heavy atom.